The zero-order valence-electron chi connectivity index (χ0n) is 16.4. The first-order valence-corrected chi connectivity index (χ1v) is 9.79. The van der Waals surface area contributed by atoms with Gasteiger partial charge in [0, 0.05) is 0 Å². The van der Waals surface area contributed by atoms with E-state index in [9.17, 15) is 9.18 Å². The van der Waals surface area contributed by atoms with Crippen molar-refractivity contribution in [1.82, 2.24) is 15.4 Å². The second-order valence-electron chi connectivity index (χ2n) is 6.37. The maximum Gasteiger partial charge on any atom is 0.295 e. The number of quaternary nitrogens is 1. The summed E-state index contributed by atoms with van der Waals surface area (Å²) in [5, 5.41) is 3.85. The van der Waals surface area contributed by atoms with Gasteiger partial charge in [0.2, 0.25) is 11.1 Å². The molecule has 11 heteroatoms. The highest BCUT2D eigenvalue weighted by atomic mass is 35.5. The average Bonchev–Trinajstić information content (AvgIpc) is 2.73. The predicted molar refractivity (Wildman–Crippen MR) is 107 cm³/mol. The number of nitrogens with zero attached hydrogens (tertiary/aromatic N) is 3. The normalized spacial score (nSPS) is 14.6. The lowest BCUT2D eigenvalue weighted by Gasteiger charge is -2.22. The predicted octanol–water partition coefficient (Wildman–Crippen LogP) is 0.825. The monoisotopic (exact) mass is 438 g/mol. The van der Waals surface area contributed by atoms with E-state index in [1.165, 1.54) is 6.21 Å². The SMILES string of the molecule is CCOc1cc(C=NNC(=O)C[NH+]2CCOCC2)ccc1Oc1nc(Cl)ncc1F. The number of halogens is 2. The number of aromatic nitrogens is 2. The fraction of sp³-hybridized carbons (Fsp3) is 0.368. The number of morpholine rings is 1. The van der Waals surface area contributed by atoms with Crippen LogP contribution in [0.25, 0.3) is 0 Å². The molecule has 0 bridgehead atoms. The smallest absolute Gasteiger partial charge is 0.295 e. The van der Waals surface area contributed by atoms with Crippen molar-refractivity contribution in [1.29, 1.82) is 0 Å². The molecule has 0 spiro atoms. The van der Waals surface area contributed by atoms with Crippen molar-refractivity contribution in [3.63, 3.8) is 0 Å². The molecule has 1 saturated heterocycles. The van der Waals surface area contributed by atoms with Crippen molar-refractivity contribution in [2.75, 3.05) is 39.5 Å². The van der Waals surface area contributed by atoms with Gasteiger partial charge >= 0.3 is 0 Å². The van der Waals surface area contributed by atoms with Gasteiger partial charge in [-0.3, -0.25) is 4.79 Å². The maximum absolute atomic E-state index is 13.8. The van der Waals surface area contributed by atoms with E-state index >= 15 is 0 Å². The lowest BCUT2D eigenvalue weighted by molar-refractivity contribution is -0.900. The first-order valence-electron chi connectivity index (χ1n) is 9.41. The molecule has 1 aromatic heterocycles. The fourth-order valence-electron chi connectivity index (χ4n) is 2.75. The first-order chi connectivity index (χ1) is 14.5. The van der Waals surface area contributed by atoms with E-state index in [4.69, 9.17) is 25.8 Å². The van der Waals surface area contributed by atoms with Crippen LogP contribution in [0.15, 0.2) is 29.5 Å². The van der Waals surface area contributed by atoms with Crippen LogP contribution in [0.1, 0.15) is 12.5 Å². The number of carbonyl (C=O) groups is 1. The van der Waals surface area contributed by atoms with E-state index in [1.54, 1.807) is 25.1 Å². The third kappa shape index (κ3) is 6.34. The molecule has 0 unspecified atom stereocenters. The van der Waals surface area contributed by atoms with Crippen LogP contribution < -0.4 is 19.8 Å². The number of ether oxygens (including phenoxy) is 3. The van der Waals surface area contributed by atoms with E-state index in [0.29, 0.717) is 37.7 Å². The fourth-order valence-corrected chi connectivity index (χ4v) is 2.87. The van der Waals surface area contributed by atoms with Crippen molar-refractivity contribution < 1.29 is 28.3 Å². The summed E-state index contributed by atoms with van der Waals surface area (Å²) in [6.07, 6.45) is 2.41. The molecule has 2 aromatic rings. The van der Waals surface area contributed by atoms with Gasteiger partial charge in [-0.1, -0.05) is 0 Å². The summed E-state index contributed by atoms with van der Waals surface area (Å²) in [4.78, 5) is 20.4. The molecule has 0 atom stereocenters. The van der Waals surface area contributed by atoms with Gasteiger partial charge in [0.05, 0.1) is 32.2 Å². The van der Waals surface area contributed by atoms with Gasteiger partial charge in [-0.15, -0.1) is 0 Å². The van der Waals surface area contributed by atoms with Crippen LogP contribution in [0.4, 0.5) is 4.39 Å². The van der Waals surface area contributed by atoms with Crippen LogP contribution in [0.3, 0.4) is 0 Å². The molecular weight excluding hydrogens is 417 g/mol. The molecule has 1 aliphatic rings. The van der Waals surface area contributed by atoms with Crippen molar-refractivity contribution in [2.24, 2.45) is 5.10 Å². The molecule has 0 radical (unpaired) electrons. The topological polar surface area (TPSA) is 99.4 Å². The van der Waals surface area contributed by atoms with Crippen LogP contribution in [0.5, 0.6) is 17.4 Å². The summed E-state index contributed by atoms with van der Waals surface area (Å²) in [5.74, 6) is -0.626. The Kier molecular flexibility index (Phi) is 7.89. The minimum Gasteiger partial charge on any atom is -0.490 e. The molecule has 0 saturated carbocycles. The third-order valence-corrected chi connectivity index (χ3v) is 4.35. The molecule has 160 valence electrons. The Bertz CT molecular complexity index is 908. The number of benzene rings is 1. The van der Waals surface area contributed by atoms with Crippen LogP contribution in [0.2, 0.25) is 5.28 Å². The Labute approximate surface area is 177 Å². The number of hydrogen-bond acceptors (Lipinski definition) is 7. The summed E-state index contributed by atoms with van der Waals surface area (Å²) >= 11 is 5.69. The van der Waals surface area contributed by atoms with Crippen LogP contribution in [-0.2, 0) is 9.53 Å². The maximum atomic E-state index is 13.8. The van der Waals surface area contributed by atoms with Gasteiger partial charge in [-0.05, 0) is 42.3 Å². The molecule has 0 aliphatic carbocycles. The molecule has 2 N–H and O–H groups in total. The second-order valence-corrected chi connectivity index (χ2v) is 6.70. The van der Waals surface area contributed by atoms with Gasteiger partial charge in [0.1, 0.15) is 13.1 Å². The van der Waals surface area contributed by atoms with E-state index in [2.05, 4.69) is 20.5 Å². The van der Waals surface area contributed by atoms with E-state index < -0.39 is 5.82 Å². The summed E-state index contributed by atoms with van der Waals surface area (Å²) in [6, 6.07) is 4.92. The van der Waals surface area contributed by atoms with Crippen molar-refractivity contribution >= 4 is 23.7 Å². The second kappa shape index (κ2) is 10.8. The lowest BCUT2D eigenvalue weighted by Crippen LogP contribution is -3.15. The lowest BCUT2D eigenvalue weighted by atomic mass is 10.2. The van der Waals surface area contributed by atoms with Crippen molar-refractivity contribution in [2.45, 2.75) is 6.92 Å². The Morgan fingerprint density at radius 1 is 1.40 bits per heavy atom. The quantitative estimate of drug-likeness (QED) is 0.360. The third-order valence-electron chi connectivity index (χ3n) is 4.17. The minimum atomic E-state index is -0.752. The highest BCUT2D eigenvalue weighted by Crippen LogP contribution is 2.32. The van der Waals surface area contributed by atoms with Crippen molar-refractivity contribution in [3.05, 3.63) is 41.1 Å². The first kappa shape index (κ1) is 21.9. The van der Waals surface area contributed by atoms with Crippen molar-refractivity contribution in [3.8, 4) is 17.4 Å². The number of nitrogens with one attached hydrogen (secondary N) is 2. The van der Waals surface area contributed by atoms with Gasteiger partial charge < -0.3 is 19.1 Å². The summed E-state index contributed by atoms with van der Waals surface area (Å²) in [6.45, 7) is 5.43. The number of carbonyl (C=O) groups excluding carboxylic acids is 1. The number of amides is 1. The standard InChI is InChI=1S/C19H21ClFN5O4/c1-2-29-16-9-13(10-23-25-17(27)12-26-5-7-28-8-6-26)3-4-15(16)30-18-14(21)11-22-19(20)24-18/h3-4,9-11H,2,5-8,12H2,1H3,(H,25,27)/p+1. The van der Waals surface area contributed by atoms with Crippen LogP contribution in [-0.4, -0.2) is 61.5 Å². The van der Waals surface area contributed by atoms with E-state index in [0.717, 1.165) is 24.2 Å². The Balaban J connectivity index is 1.64. The molecule has 30 heavy (non-hydrogen) atoms. The zero-order valence-corrected chi connectivity index (χ0v) is 17.1. The molecule has 1 aromatic carbocycles. The average molecular weight is 439 g/mol. The zero-order chi connectivity index (χ0) is 21.3. The highest BCUT2D eigenvalue weighted by Gasteiger charge is 2.17. The van der Waals surface area contributed by atoms with Gasteiger partial charge in [0.15, 0.2) is 18.0 Å². The summed E-state index contributed by atoms with van der Waals surface area (Å²) < 4.78 is 30.2. The summed E-state index contributed by atoms with van der Waals surface area (Å²) in [7, 11) is 0. The Hall–Kier alpha value is -2.82. The van der Waals surface area contributed by atoms with Crippen LogP contribution >= 0.6 is 11.6 Å². The number of rotatable bonds is 8. The largest absolute Gasteiger partial charge is 0.490 e. The van der Waals surface area contributed by atoms with Crippen LogP contribution in [0, 0.1) is 5.82 Å². The molecule has 9 nitrogen and oxygen atoms in total. The molecular formula is C19H22ClFN5O4+. The van der Waals surface area contributed by atoms with Gasteiger partial charge in [-0.25, -0.2) is 10.4 Å². The Morgan fingerprint density at radius 2 is 2.20 bits per heavy atom. The van der Waals surface area contributed by atoms with Gasteiger partial charge in [-0.2, -0.15) is 14.5 Å². The summed E-state index contributed by atoms with van der Waals surface area (Å²) in [5.41, 5.74) is 3.17. The molecule has 1 fully saturated rings. The number of hydrazone groups is 1. The molecule has 2 heterocycles. The number of hydrogen-bond donors (Lipinski definition) is 2. The molecule has 1 amide bonds. The van der Waals surface area contributed by atoms with E-state index in [1.807, 2.05) is 0 Å². The van der Waals surface area contributed by atoms with E-state index in [-0.39, 0.29) is 22.8 Å². The highest BCUT2D eigenvalue weighted by molar-refractivity contribution is 6.28. The molecule has 3 rings (SSSR count). The van der Waals surface area contributed by atoms with Gasteiger partial charge in [0.25, 0.3) is 11.8 Å². The minimum absolute atomic E-state index is 0.136. The molecule has 1 aliphatic heterocycles. The Morgan fingerprint density at radius 3 is 2.97 bits per heavy atom.